The second-order valence-corrected chi connectivity index (χ2v) is 7.83. The van der Waals surface area contributed by atoms with Crippen LogP contribution in [-0.4, -0.2) is 55.8 Å². The summed E-state index contributed by atoms with van der Waals surface area (Å²) in [6, 6.07) is 0.110. The van der Waals surface area contributed by atoms with Crippen LogP contribution in [0.3, 0.4) is 0 Å². The molecule has 1 fully saturated rings. The summed E-state index contributed by atoms with van der Waals surface area (Å²) in [6.07, 6.45) is 2.63. The Bertz CT molecular complexity index is 359. The fourth-order valence-electron chi connectivity index (χ4n) is 2.69. The first kappa shape index (κ1) is 17.9. The fourth-order valence-corrected chi connectivity index (χ4v) is 4.83. The van der Waals surface area contributed by atoms with Gasteiger partial charge in [0.05, 0.1) is 0 Å². The zero-order valence-electron chi connectivity index (χ0n) is 13.4. The first-order valence-electron chi connectivity index (χ1n) is 7.91. The van der Waals surface area contributed by atoms with Gasteiger partial charge in [-0.2, -0.15) is 17.0 Å². The highest BCUT2D eigenvalue weighted by molar-refractivity contribution is 7.86. The van der Waals surface area contributed by atoms with Crippen molar-refractivity contribution < 1.29 is 8.42 Å². The van der Waals surface area contributed by atoms with E-state index in [1.54, 1.807) is 8.61 Å². The maximum atomic E-state index is 13.0. The molecule has 1 heterocycles. The number of nitrogens with zero attached hydrogens (tertiary/aromatic N) is 2. The summed E-state index contributed by atoms with van der Waals surface area (Å²) in [5.41, 5.74) is 0. The van der Waals surface area contributed by atoms with Crippen molar-refractivity contribution in [3.8, 4) is 0 Å². The average molecular weight is 305 g/mol. The zero-order chi connectivity index (χ0) is 15.2. The van der Waals surface area contributed by atoms with Gasteiger partial charge in [-0.3, -0.25) is 0 Å². The molecule has 6 heteroatoms. The Hall–Kier alpha value is -0.170. The molecule has 0 aromatic rings. The molecule has 20 heavy (non-hydrogen) atoms. The van der Waals surface area contributed by atoms with E-state index in [4.69, 9.17) is 0 Å². The van der Waals surface area contributed by atoms with Crippen LogP contribution >= 0.6 is 0 Å². The molecule has 0 saturated carbocycles. The second kappa shape index (κ2) is 8.32. The molecule has 1 rings (SSSR count). The summed E-state index contributed by atoms with van der Waals surface area (Å²) in [5, 5.41) is 3.26. The van der Waals surface area contributed by atoms with E-state index < -0.39 is 10.2 Å². The van der Waals surface area contributed by atoms with Gasteiger partial charge in [-0.25, -0.2) is 0 Å². The molecule has 5 nitrogen and oxygen atoms in total. The number of hydrogen-bond donors (Lipinski definition) is 1. The van der Waals surface area contributed by atoms with Gasteiger partial charge in [0.1, 0.15) is 0 Å². The zero-order valence-corrected chi connectivity index (χ0v) is 14.2. The average Bonchev–Trinajstić information content (AvgIpc) is 2.67. The molecule has 1 aliphatic rings. The van der Waals surface area contributed by atoms with Crippen molar-refractivity contribution in [3.63, 3.8) is 0 Å². The normalized spacial score (nSPS) is 18.9. The van der Waals surface area contributed by atoms with Gasteiger partial charge in [-0.05, 0) is 31.7 Å². The van der Waals surface area contributed by atoms with Gasteiger partial charge in [0.15, 0.2) is 0 Å². The predicted molar refractivity (Wildman–Crippen MR) is 83.9 cm³/mol. The Labute approximate surface area is 124 Å². The first-order valence-corrected chi connectivity index (χ1v) is 9.30. The topological polar surface area (TPSA) is 52.7 Å². The molecule has 0 aromatic heterocycles. The van der Waals surface area contributed by atoms with Gasteiger partial charge in [-0.15, -0.1) is 0 Å². The number of hydrogen-bond acceptors (Lipinski definition) is 3. The summed E-state index contributed by atoms with van der Waals surface area (Å²) in [6.45, 7) is 11.8. The minimum absolute atomic E-state index is 0.110. The van der Waals surface area contributed by atoms with Gasteiger partial charge >= 0.3 is 0 Å². The minimum Gasteiger partial charge on any atom is -0.315 e. The van der Waals surface area contributed by atoms with Gasteiger partial charge in [0, 0.05) is 32.2 Å². The standard InChI is InChI=1S/C14H31N3O2S/c1-5-14(6-2)17(12-13(3)4)20(18,19)16-10-7-8-15-9-11-16/h13-15H,5-12H2,1-4H3. The third kappa shape index (κ3) is 4.69. The molecular weight excluding hydrogens is 274 g/mol. The summed E-state index contributed by atoms with van der Waals surface area (Å²) in [4.78, 5) is 0. The van der Waals surface area contributed by atoms with Crippen molar-refractivity contribution in [1.82, 2.24) is 13.9 Å². The van der Waals surface area contributed by atoms with Crippen LogP contribution in [0.4, 0.5) is 0 Å². The van der Waals surface area contributed by atoms with E-state index in [0.717, 1.165) is 32.4 Å². The minimum atomic E-state index is -3.34. The monoisotopic (exact) mass is 305 g/mol. The highest BCUT2D eigenvalue weighted by Gasteiger charge is 2.34. The SMILES string of the molecule is CCC(CC)N(CC(C)C)S(=O)(=O)N1CCCNCC1. The molecule has 0 atom stereocenters. The Kier molecular flexibility index (Phi) is 7.43. The Morgan fingerprint density at radius 2 is 1.80 bits per heavy atom. The van der Waals surface area contributed by atoms with Gasteiger partial charge in [0.2, 0.25) is 0 Å². The van der Waals surface area contributed by atoms with Crippen molar-refractivity contribution in [3.05, 3.63) is 0 Å². The molecule has 1 N–H and O–H groups in total. The van der Waals surface area contributed by atoms with Crippen LogP contribution in [0.25, 0.3) is 0 Å². The first-order chi connectivity index (χ1) is 9.43. The highest BCUT2D eigenvalue weighted by Crippen LogP contribution is 2.20. The molecule has 0 unspecified atom stereocenters. The molecule has 0 bridgehead atoms. The quantitative estimate of drug-likeness (QED) is 0.778. The third-order valence-electron chi connectivity index (χ3n) is 3.82. The summed E-state index contributed by atoms with van der Waals surface area (Å²) in [7, 11) is -3.34. The third-order valence-corrected chi connectivity index (χ3v) is 5.87. The molecular formula is C14H31N3O2S. The molecule has 0 aromatic carbocycles. The molecule has 120 valence electrons. The maximum absolute atomic E-state index is 13.0. The van der Waals surface area contributed by atoms with Gasteiger partial charge in [-0.1, -0.05) is 27.7 Å². The van der Waals surface area contributed by atoms with Crippen LogP contribution in [0.15, 0.2) is 0 Å². The largest absolute Gasteiger partial charge is 0.315 e. The molecule has 0 radical (unpaired) electrons. The van der Waals surface area contributed by atoms with Crippen molar-refractivity contribution in [2.75, 3.05) is 32.7 Å². The van der Waals surface area contributed by atoms with E-state index in [1.807, 2.05) is 0 Å². The predicted octanol–water partition coefficient (Wildman–Crippen LogP) is 1.67. The molecule has 0 aliphatic carbocycles. The lowest BCUT2D eigenvalue weighted by molar-refractivity contribution is 0.252. The van der Waals surface area contributed by atoms with Crippen LogP contribution in [0.2, 0.25) is 0 Å². The lowest BCUT2D eigenvalue weighted by Crippen LogP contribution is -2.50. The molecule has 0 spiro atoms. The Morgan fingerprint density at radius 3 is 2.35 bits per heavy atom. The van der Waals surface area contributed by atoms with Crippen molar-refractivity contribution in [2.24, 2.45) is 5.92 Å². The molecule has 1 saturated heterocycles. The summed E-state index contributed by atoms with van der Waals surface area (Å²) < 4.78 is 29.3. The lowest BCUT2D eigenvalue weighted by atomic mass is 10.1. The van der Waals surface area contributed by atoms with E-state index in [2.05, 4.69) is 33.0 Å². The number of rotatable bonds is 7. The number of nitrogens with one attached hydrogen (secondary N) is 1. The Balaban J connectivity index is 2.95. The second-order valence-electron chi connectivity index (χ2n) is 5.94. The lowest BCUT2D eigenvalue weighted by Gasteiger charge is -2.35. The van der Waals surface area contributed by atoms with Crippen molar-refractivity contribution in [1.29, 1.82) is 0 Å². The van der Waals surface area contributed by atoms with E-state index >= 15 is 0 Å². The van der Waals surface area contributed by atoms with Gasteiger partial charge < -0.3 is 5.32 Å². The van der Waals surface area contributed by atoms with Crippen LogP contribution in [0.5, 0.6) is 0 Å². The van der Waals surface area contributed by atoms with Crippen molar-refractivity contribution in [2.45, 2.75) is 53.0 Å². The fraction of sp³-hybridized carbons (Fsp3) is 1.00. The molecule has 0 amide bonds. The maximum Gasteiger partial charge on any atom is 0.282 e. The van der Waals surface area contributed by atoms with Crippen LogP contribution in [0, 0.1) is 5.92 Å². The van der Waals surface area contributed by atoms with Crippen molar-refractivity contribution >= 4 is 10.2 Å². The van der Waals surface area contributed by atoms with E-state index in [9.17, 15) is 8.42 Å². The summed E-state index contributed by atoms with van der Waals surface area (Å²) >= 11 is 0. The van der Waals surface area contributed by atoms with E-state index in [1.165, 1.54) is 0 Å². The smallest absolute Gasteiger partial charge is 0.282 e. The highest BCUT2D eigenvalue weighted by atomic mass is 32.2. The Morgan fingerprint density at radius 1 is 1.15 bits per heavy atom. The molecule has 1 aliphatic heterocycles. The summed E-state index contributed by atoms with van der Waals surface area (Å²) in [5.74, 6) is 0.343. The van der Waals surface area contributed by atoms with Crippen LogP contribution < -0.4 is 5.32 Å². The van der Waals surface area contributed by atoms with E-state index in [-0.39, 0.29) is 6.04 Å². The van der Waals surface area contributed by atoms with Crippen LogP contribution in [0.1, 0.15) is 47.0 Å². The van der Waals surface area contributed by atoms with E-state index in [0.29, 0.717) is 25.6 Å². The van der Waals surface area contributed by atoms with Crippen LogP contribution in [-0.2, 0) is 10.2 Å². The van der Waals surface area contributed by atoms with Gasteiger partial charge in [0.25, 0.3) is 10.2 Å².